The van der Waals surface area contributed by atoms with Crippen molar-refractivity contribution in [2.24, 2.45) is 0 Å². The minimum absolute atomic E-state index is 0.266. The molecule has 1 unspecified atom stereocenters. The number of nitrogens with zero attached hydrogens (tertiary/aromatic N) is 1. The Kier molecular flexibility index (Phi) is 4.71. The van der Waals surface area contributed by atoms with Gasteiger partial charge in [0.2, 0.25) is 0 Å². The molecule has 4 heteroatoms. The highest BCUT2D eigenvalue weighted by Crippen LogP contribution is 2.23. The quantitative estimate of drug-likeness (QED) is 0.833. The number of aliphatic hydroxyl groups excluding tert-OH is 1. The van der Waals surface area contributed by atoms with E-state index in [1.807, 2.05) is 44.2 Å². The number of aliphatic hydroxyl groups is 1. The highest BCUT2D eigenvalue weighted by atomic mass is 16.5. The second-order valence-electron chi connectivity index (χ2n) is 4.55. The zero-order chi connectivity index (χ0) is 13.7. The molecular formula is C15H20N2O2. The highest BCUT2D eigenvalue weighted by molar-refractivity contribution is 5.84. The molecule has 19 heavy (non-hydrogen) atoms. The van der Waals surface area contributed by atoms with Crippen LogP contribution in [0.3, 0.4) is 0 Å². The number of rotatable bonds is 6. The van der Waals surface area contributed by atoms with Crippen molar-refractivity contribution in [1.29, 1.82) is 0 Å². The van der Waals surface area contributed by atoms with Crippen LogP contribution >= 0.6 is 0 Å². The number of benzene rings is 1. The molecule has 2 aromatic rings. The molecule has 0 saturated carbocycles. The maximum atomic E-state index is 9.76. The van der Waals surface area contributed by atoms with Gasteiger partial charge in [-0.2, -0.15) is 0 Å². The lowest BCUT2D eigenvalue weighted by atomic mass is 10.2. The van der Waals surface area contributed by atoms with Crippen molar-refractivity contribution in [1.82, 2.24) is 10.3 Å². The fourth-order valence-corrected chi connectivity index (χ4v) is 1.89. The Hall–Kier alpha value is -1.65. The number of hydrogen-bond donors (Lipinski definition) is 2. The number of aryl methyl sites for hydroxylation is 1. The molecule has 0 bridgehead atoms. The lowest BCUT2D eigenvalue weighted by molar-refractivity contribution is 0.107. The van der Waals surface area contributed by atoms with Gasteiger partial charge < -0.3 is 15.2 Å². The first-order valence-electron chi connectivity index (χ1n) is 6.58. The van der Waals surface area contributed by atoms with E-state index in [1.165, 1.54) is 0 Å². The predicted molar refractivity (Wildman–Crippen MR) is 76.5 cm³/mol. The molecule has 2 rings (SSSR count). The first-order chi connectivity index (χ1) is 9.20. The van der Waals surface area contributed by atoms with E-state index >= 15 is 0 Å². The van der Waals surface area contributed by atoms with Crippen LogP contribution in [0, 0.1) is 6.92 Å². The topological polar surface area (TPSA) is 54.4 Å². The molecule has 2 N–H and O–H groups in total. The lowest BCUT2D eigenvalue weighted by Crippen LogP contribution is -2.31. The summed E-state index contributed by atoms with van der Waals surface area (Å²) >= 11 is 0. The summed E-state index contributed by atoms with van der Waals surface area (Å²) in [6.45, 7) is 5.60. The molecule has 1 aromatic carbocycles. The van der Waals surface area contributed by atoms with E-state index in [-0.39, 0.29) is 6.61 Å². The summed E-state index contributed by atoms with van der Waals surface area (Å²) in [6, 6.07) is 9.83. The zero-order valence-electron chi connectivity index (χ0n) is 11.4. The fraction of sp³-hybridized carbons (Fsp3) is 0.400. The van der Waals surface area contributed by atoms with E-state index in [9.17, 15) is 5.11 Å². The highest BCUT2D eigenvalue weighted by Gasteiger charge is 2.07. The molecule has 1 aromatic heterocycles. The van der Waals surface area contributed by atoms with Gasteiger partial charge >= 0.3 is 0 Å². The second kappa shape index (κ2) is 6.50. The number of ether oxygens (including phenoxy) is 1. The standard InChI is InChI=1S/C15H20N2O2/c1-3-16-9-13(18)10-19-14-6-4-5-12-8-7-11(2)17-15(12)14/h4-8,13,16,18H,3,9-10H2,1-2H3. The van der Waals surface area contributed by atoms with Gasteiger partial charge in [-0.05, 0) is 25.6 Å². The SMILES string of the molecule is CCNCC(O)COc1cccc2ccc(C)nc12. The molecule has 4 nitrogen and oxygen atoms in total. The van der Waals surface area contributed by atoms with E-state index in [2.05, 4.69) is 10.3 Å². The van der Waals surface area contributed by atoms with Gasteiger partial charge in [0.25, 0.3) is 0 Å². The molecule has 1 atom stereocenters. The molecule has 0 aliphatic carbocycles. The predicted octanol–water partition coefficient (Wildman–Crippen LogP) is 1.89. The minimum atomic E-state index is -0.514. The van der Waals surface area contributed by atoms with Crippen LogP contribution in [0.5, 0.6) is 5.75 Å². The van der Waals surface area contributed by atoms with Crippen LogP contribution in [0.4, 0.5) is 0 Å². The largest absolute Gasteiger partial charge is 0.489 e. The van der Waals surface area contributed by atoms with Crippen LogP contribution < -0.4 is 10.1 Å². The molecule has 0 radical (unpaired) electrons. The molecule has 1 heterocycles. The Morgan fingerprint density at radius 1 is 1.32 bits per heavy atom. The van der Waals surface area contributed by atoms with Gasteiger partial charge in [-0.15, -0.1) is 0 Å². The van der Waals surface area contributed by atoms with Crippen molar-refractivity contribution < 1.29 is 9.84 Å². The first kappa shape index (κ1) is 13.8. The molecule has 0 amide bonds. The third-order valence-corrected chi connectivity index (χ3v) is 2.88. The van der Waals surface area contributed by atoms with Crippen molar-refractivity contribution in [2.75, 3.05) is 19.7 Å². The normalized spacial score (nSPS) is 12.6. The summed E-state index contributed by atoms with van der Waals surface area (Å²) in [4.78, 5) is 4.49. The van der Waals surface area contributed by atoms with Crippen LogP contribution in [0.25, 0.3) is 10.9 Å². The number of fused-ring (bicyclic) bond motifs is 1. The van der Waals surface area contributed by atoms with Crippen LogP contribution in [-0.2, 0) is 0 Å². The van der Waals surface area contributed by atoms with Crippen LogP contribution in [-0.4, -0.2) is 35.9 Å². The Morgan fingerprint density at radius 3 is 2.95 bits per heavy atom. The fourth-order valence-electron chi connectivity index (χ4n) is 1.89. The van der Waals surface area contributed by atoms with Gasteiger partial charge in [0.1, 0.15) is 24.0 Å². The molecule has 0 spiro atoms. The number of pyridine rings is 1. The number of para-hydroxylation sites is 1. The summed E-state index contributed by atoms with van der Waals surface area (Å²) < 4.78 is 5.68. The van der Waals surface area contributed by atoms with E-state index in [0.29, 0.717) is 6.54 Å². The van der Waals surface area contributed by atoms with Crippen molar-refractivity contribution in [3.05, 3.63) is 36.0 Å². The lowest BCUT2D eigenvalue weighted by Gasteiger charge is -2.13. The summed E-state index contributed by atoms with van der Waals surface area (Å²) in [5.74, 6) is 0.719. The molecule has 0 fully saturated rings. The van der Waals surface area contributed by atoms with Crippen molar-refractivity contribution in [3.63, 3.8) is 0 Å². The average molecular weight is 260 g/mol. The molecule has 0 aliphatic rings. The van der Waals surface area contributed by atoms with Crippen molar-refractivity contribution in [2.45, 2.75) is 20.0 Å². The van der Waals surface area contributed by atoms with Crippen LogP contribution in [0.1, 0.15) is 12.6 Å². The average Bonchev–Trinajstić information content (AvgIpc) is 2.42. The van der Waals surface area contributed by atoms with Gasteiger partial charge in [-0.3, -0.25) is 0 Å². The monoisotopic (exact) mass is 260 g/mol. The Bertz CT molecular complexity index is 543. The summed E-state index contributed by atoms with van der Waals surface area (Å²) in [6.07, 6.45) is -0.514. The Labute approximate surface area is 113 Å². The third-order valence-electron chi connectivity index (χ3n) is 2.88. The third kappa shape index (κ3) is 3.66. The smallest absolute Gasteiger partial charge is 0.145 e. The Balaban J connectivity index is 2.10. The van der Waals surface area contributed by atoms with E-state index in [1.54, 1.807) is 0 Å². The van der Waals surface area contributed by atoms with Crippen molar-refractivity contribution in [3.8, 4) is 5.75 Å². The first-order valence-corrected chi connectivity index (χ1v) is 6.58. The maximum absolute atomic E-state index is 9.76. The number of aromatic nitrogens is 1. The zero-order valence-corrected chi connectivity index (χ0v) is 11.4. The summed E-state index contributed by atoms with van der Waals surface area (Å²) in [7, 11) is 0. The van der Waals surface area contributed by atoms with Gasteiger partial charge in [0.15, 0.2) is 0 Å². The number of likely N-dealkylation sites (N-methyl/N-ethyl adjacent to an activating group) is 1. The number of hydrogen-bond acceptors (Lipinski definition) is 4. The van der Waals surface area contributed by atoms with E-state index < -0.39 is 6.10 Å². The van der Waals surface area contributed by atoms with E-state index in [0.717, 1.165) is 28.9 Å². The number of nitrogens with one attached hydrogen (secondary N) is 1. The summed E-state index contributed by atoms with van der Waals surface area (Å²) in [5, 5.41) is 13.9. The van der Waals surface area contributed by atoms with E-state index in [4.69, 9.17) is 4.74 Å². The molecule has 0 aliphatic heterocycles. The second-order valence-corrected chi connectivity index (χ2v) is 4.55. The van der Waals surface area contributed by atoms with Crippen molar-refractivity contribution >= 4 is 10.9 Å². The molecule has 102 valence electrons. The van der Waals surface area contributed by atoms with Crippen LogP contribution in [0.15, 0.2) is 30.3 Å². The summed E-state index contributed by atoms with van der Waals surface area (Å²) in [5.41, 5.74) is 1.80. The minimum Gasteiger partial charge on any atom is -0.489 e. The van der Waals surface area contributed by atoms with Gasteiger partial charge in [-0.1, -0.05) is 25.1 Å². The molecular weight excluding hydrogens is 240 g/mol. The maximum Gasteiger partial charge on any atom is 0.145 e. The van der Waals surface area contributed by atoms with Crippen LogP contribution in [0.2, 0.25) is 0 Å². The van der Waals surface area contributed by atoms with Gasteiger partial charge in [-0.25, -0.2) is 4.98 Å². The van der Waals surface area contributed by atoms with Gasteiger partial charge in [0, 0.05) is 17.6 Å². The van der Waals surface area contributed by atoms with Gasteiger partial charge in [0.05, 0.1) is 0 Å². The Morgan fingerprint density at radius 2 is 2.16 bits per heavy atom. The molecule has 0 saturated heterocycles.